The van der Waals surface area contributed by atoms with Gasteiger partial charge in [0.1, 0.15) is 5.82 Å². The largest absolute Gasteiger partial charge is 0.378 e. The van der Waals surface area contributed by atoms with Crippen molar-refractivity contribution < 1.29 is 4.74 Å². The van der Waals surface area contributed by atoms with Gasteiger partial charge in [0.15, 0.2) is 5.11 Å². The van der Waals surface area contributed by atoms with Crippen molar-refractivity contribution in [3.8, 4) is 0 Å². The standard InChI is InChI=1S/C24H35N5OS2/c31-24(29-15-17-30-18-16-29)25-20-7-5-19(6-8-20)9-10-27-11-13-28(14-12-27)23-21-3-1-2-4-22(21)32-26-23/h1-4,19-20H,5-18H2,(H,25,31). The first kappa shape index (κ1) is 22.3. The lowest BCUT2D eigenvalue weighted by Crippen LogP contribution is -2.49. The van der Waals surface area contributed by atoms with Gasteiger partial charge in [0.25, 0.3) is 0 Å². The number of hydrogen-bond donors (Lipinski definition) is 1. The molecule has 3 fully saturated rings. The number of benzene rings is 1. The van der Waals surface area contributed by atoms with Crippen molar-refractivity contribution in [2.45, 2.75) is 38.1 Å². The van der Waals surface area contributed by atoms with Crippen molar-refractivity contribution in [2.75, 3.05) is 63.9 Å². The van der Waals surface area contributed by atoms with Crippen molar-refractivity contribution in [2.24, 2.45) is 5.92 Å². The van der Waals surface area contributed by atoms with Gasteiger partial charge in [-0.3, -0.25) is 4.90 Å². The van der Waals surface area contributed by atoms with E-state index in [1.54, 1.807) is 11.5 Å². The molecule has 2 saturated heterocycles. The molecule has 1 N–H and O–H groups in total. The second-order valence-corrected chi connectivity index (χ2v) is 10.6. The summed E-state index contributed by atoms with van der Waals surface area (Å²) in [4.78, 5) is 7.39. The van der Waals surface area contributed by atoms with E-state index in [9.17, 15) is 0 Å². The van der Waals surface area contributed by atoms with Gasteiger partial charge >= 0.3 is 0 Å². The Bertz CT molecular complexity index is 883. The summed E-state index contributed by atoms with van der Waals surface area (Å²) in [7, 11) is 0. The maximum absolute atomic E-state index is 5.63. The molecule has 0 unspecified atom stereocenters. The Morgan fingerprint density at radius 2 is 1.78 bits per heavy atom. The van der Waals surface area contributed by atoms with E-state index in [0.717, 1.165) is 63.5 Å². The highest BCUT2D eigenvalue weighted by Gasteiger charge is 2.25. The lowest BCUT2D eigenvalue weighted by Gasteiger charge is -2.37. The summed E-state index contributed by atoms with van der Waals surface area (Å²) in [5.74, 6) is 2.05. The first-order valence-corrected chi connectivity index (χ1v) is 13.4. The third-order valence-electron chi connectivity index (χ3n) is 7.36. The SMILES string of the molecule is S=C(NC1CCC(CCN2CCN(c3nsc4ccccc34)CC2)CC1)N1CCOCC1. The molecule has 1 aliphatic carbocycles. The van der Waals surface area contributed by atoms with Crippen molar-refractivity contribution in [1.82, 2.24) is 19.5 Å². The van der Waals surface area contributed by atoms with Crippen LogP contribution in [0.25, 0.3) is 10.1 Å². The fraction of sp³-hybridized carbons (Fsp3) is 0.667. The fourth-order valence-electron chi connectivity index (χ4n) is 5.28. The van der Waals surface area contributed by atoms with Gasteiger partial charge in [-0.15, -0.1) is 0 Å². The van der Waals surface area contributed by atoms with E-state index >= 15 is 0 Å². The van der Waals surface area contributed by atoms with E-state index in [1.165, 1.54) is 54.6 Å². The number of morpholine rings is 1. The second-order valence-electron chi connectivity index (χ2n) is 9.39. The Balaban J connectivity index is 1.01. The highest BCUT2D eigenvalue weighted by molar-refractivity contribution is 7.80. The topological polar surface area (TPSA) is 43.9 Å². The summed E-state index contributed by atoms with van der Waals surface area (Å²) >= 11 is 7.25. The number of aromatic nitrogens is 1. The lowest BCUT2D eigenvalue weighted by atomic mass is 9.84. The maximum atomic E-state index is 5.63. The smallest absolute Gasteiger partial charge is 0.169 e. The lowest BCUT2D eigenvalue weighted by molar-refractivity contribution is 0.0671. The first-order valence-electron chi connectivity index (χ1n) is 12.2. The quantitative estimate of drug-likeness (QED) is 0.666. The predicted octanol–water partition coefficient (Wildman–Crippen LogP) is 3.57. The summed E-state index contributed by atoms with van der Waals surface area (Å²) in [5, 5.41) is 5.87. The number of fused-ring (bicyclic) bond motifs is 1. The number of anilines is 1. The summed E-state index contributed by atoms with van der Waals surface area (Å²) < 4.78 is 11.5. The van der Waals surface area contributed by atoms with Crippen LogP contribution in [0.1, 0.15) is 32.1 Å². The van der Waals surface area contributed by atoms with Crippen molar-refractivity contribution in [1.29, 1.82) is 0 Å². The van der Waals surface area contributed by atoms with Crippen LogP contribution in [0.4, 0.5) is 5.82 Å². The molecule has 1 saturated carbocycles. The number of piperazine rings is 1. The Morgan fingerprint density at radius 3 is 2.56 bits per heavy atom. The molecule has 3 heterocycles. The van der Waals surface area contributed by atoms with E-state index in [1.807, 2.05) is 0 Å². The first-order chi connectivity index (χ1) is 15.8. The maximum Gasteiger partial charge on any atom is 0.169 e. The van der Waals surface area contributed by atoms with Gasteiger partial charge in [-0.05, 0) is 80.4 Å². The number of thiocarbonyl (C=S) groups is 1. The molecular formula is C24H35N5OS2. The Kier molecular flexibility index (Phi) is 7.42. The molecule has 5 rings (SSSR count). The van der Waals surface area contributed by atoms with Crippen molar-refractivity contribution in [3.05, 3.63) is 24.3 Å². The highest BCUT2D eigenvalue weighted by atomic mass is 32.1. The number of rotatable bonds is 5. The summed E-state index contributed by atoms with van der Waals surface area (Å²) in [6, 6.07) is 9.16. The molecule has 0 atom stereocenters. The van der Waals surface area contributed by atoms with Crippen LogP contribution in [0.15, 0.2) is 24.3 Å². The minimum Gasteiger partial charge on any atom is -0.378 e. The van der Waals surface area contributed by atoms with Gasteiger partial charge in [0, 0.05) is 50.7 Å². The molecule has 3 aliphatic rings. The molecule has 174 valence electrons. The third-order valence-corrected chi connectivity index (χ3v) is 8.55. The van der Waals surface area contributed by atoms with Crippen LogP contribution in [-0.4, -0.2) is 84.4 Å². The molecule has 2 aromatic rings. The second kappa shape index (κ2) is 10.6. The van der Waals surface area contributed by atoms with E-state index < -0.39 is 0 Å². The average Bonchev–Trinajstić information content (AvgIpc) is 3.29. The third kappa shape index (κ3) is 5.35. The fourth-order valence-corrected chi connectivity index (χ4v) is 6.42. The van der Waals surface area contributed by atoms with Gasteiger partial charge in [0.05, 0.1) is 17.9 Å². The minimum absolute atomic E-state index is 0.554. The predicted molar refractivity (Wildman–Crippen MR) is 137 cm³/mol. The summed E-state index contributed by atoms with van der Waals surface area (Å²) in [6.45, 7) is 9.15. The van der Waals surface area contributed by atoms with Crippen molar-refractivity contribution in [3.63, 3.8) is 0 Å². The van der Waals surface area contributed by atoms with Crippen LogP contribution in [0.5, 0.6) is 0 Å². The number of nitrogens with one attached hydrogen (secondary N) is 1. The van der Waals surface area contributed by atoms with Crippen LogP contribution >= 0.6 is 23.8 Å². The molecule has 1 aromatic carbocycles. The van der Waals surface area contributed by atoms with Crippen LogP contribution in [0, 0.1) is 5.92 Å². The van der Waals surface area contributed by atoms with Crippen LogP contribution in [0.2, 0.25) is 0 Å². The molecule has 0 radical (unpaired) electrons. The van der Waals surface area contributed by atoms with Gasteiger partial charge in [-0.25, -0.2) is 0 Å². The van der Waals surface area contributed by atoms with E-state index in [4.69, 9.17) is 21.3 Å². The van der Waals surface area contributed by atoms with Crippen LogP contribution in [0.3, 0.4) is 0 Å². The summed E-state index contributed by atoms with van der Waals surface area (Å²) in [5.41, 5.74) is 0. The molecule has 8 heteroatoms. The monoisotopic (exact) mass is 473 g/mol. The molecular weight excluding hydrogens is 438 g/mol. The summed E-state index contributed by atoms with van der Waals surface area (Å²) in [6.07, 6.45) is 6.49. The van der Waals surface area contributed by atoms with E-state index in [2.05, 4.69) is 44.3 Å². The normalized spacial score (nSPS) is 25.2. The Hall–Kier alpha value is -1.48. The van der Waals surface area contributed by atoms with Gasteiger partial charge < -0.3 is 19.9 Å². The zero-order chi connectivity index (χ0) is 21.8. The molecule has 32 heavy (non-hydrogen) atoms. The van der Waals surface area contributed by atoms with Crippen LogP contribution < -0.4 is 10.2 Å². The zero-order valence-electron chi connectivity index (χ0n) is 18.9. The minimum atomic E-state index is 0.554. The molecule has 2 aliphatic heterocycles. The number of nitrogens with zero attached hydrogens (tertiary/aromatic N) is 4. The van der Waals surface area contributed by atoms with Crippen molar-refractivity contribution >= 4 is 44.8 Å². The molecule has 0 spiro atoms. The van der Waals surface area contributed by atoms with Gasteiger partial charge in [-0.2, -0.15) is 4.37 Å². The highest BCUT2D eigenvalue weighted by Crippen LogP contribution is 2.30. The zero-order valence-corrected chi connectivity index (χ0v) is 20.5. The number of ether oxygens (including phenoxy) is 1. The molecule has 0 amide bonds. The van der Waals surface area contributed by atoms with Gasteiger partial charge in [0.2, 0.25) is 0 Å². The Morgan fingerprint density at radius 1 is 1.03 bits per heavy atom. The van der Waals surface area contributed by atoms with E-state index in [0.29, 0.717) is 6.04 Å². The van der Waals surface area contributed by atoms with Gasteiger partial charge in [-0.1, -0.05) is 12.1 Å². The average molecular weight is 474 g/mol. The van der Waals surface area contributed by atoms with Crippen LogP contribution in [-0.2, 0) is 4.74 Å². The molecule has 6 nitrogen and oxygen atoms in total. The Labute approximate surface area is 201 Å². The molecule has 0 bridgehead atoms. The van der Waals surface area contributed by atoms with E-state index in [-0.39, 0.29) is 0 Å². The molecule has 1 aromatic heterocycles. The number of hydrogen-bond acceptors (Lipinski definition) is 6.